The van der Waals surface area contributed by atoms with Crippen LogP contribution in [-0.4, -0.2) is 67.6 Å². The van der Waals surface area contributed by atoms with E-state index in [1.54, 1.807) is 19.9 Å². The number of halogens is 3. The molecule has 0 bridgehead atoms. The van der Waals surface area contributed by atoms with E-state index in [4.69, 9.17) is 14.2 Å². The first-order valence-electron chi connectivity index (χ1n) is 10.7. The molecule has 196 valence electrons. The summed E-state index contributed by atoms with van der Waals surface area (Å²) in [6.45, 7) is 1.58. The number of benzene rings is 2. The Kier molecular flexibility index (Phi) is 7.75. The quantitative estimate of drug-likeness (QED) is 0.533. The van der Waals surface area contributed by atoms with Gasteiger partial charge in [0.1, 0.15) is 23.5 Å². The average Bonchev–Trinajstić information content (AvgIpc) is 3.16. The smallest absolute Gasteiger partial charge is 0.416 e. The van der Waals surface area contributed by atoms with Crippen LogP contribution in [0.1, 0.15) is 25.0 Å². The van der Waals surface area contributed by atoms with Gasteiger partial charge >= 0.3 is 6.18 Å². The maximum atomic E-state index is 13.3. The Bertz CT molecular complexity index is 1260. The zero-order valence-electron chi connectivity index (χ0n) is 19.6. The molecule has 9 nitrogen and oxygen atoms in total. The molecule has 0 amide bonds. The number of sulfonamides is 1. The minimum atomic E-state index is -4.77. The Hall–Kier alpha value is -3.05. The Morgan fingerprint density at radius 3 is 2.47 bits per heavy atom. The van der Waals surface area contributed by atoms with Crippen molar-refractivity contribution in [2.75, 3.05) is 26.8 Å². The zero-order valence-corrected chi connectivity index (χ0v) is 20.4. The molecule has 1 heterocycles. The van der Waals surface area contributed by atoms with Crippen LogP contribution in [0.15, 0.2) is 41.3 Å². The molecule has 1 saturated heterocycles. The zero-order chi connectivity index (χ0) is 26.9. The second kappa shape index (κ2) is 10.1. The highest BCUT2D eigenvalue weighted by molar-refractivity contribution is 7.89. The number of hydrogen-bond acceptors (Lipinski definition) is 8. The molecule has 1 aliphatic heterocycles. The van der Waals surface area contributed by atoms with Gasteiger partial charge in [-0.15, -0.1) is 0 Å². The minimum absolute atomic E-state index is 0.146. The van der Waals surface area contributed by atoms with Crippen molar-refractivity contribution in [1.29, 1.82) is 5.26 Å². The third-order valence-electron chi connectivity index (χ3n) is 5.52. The summed E-state index contributed by atoms with van der Waals surface area (Å²) in [5.41, 5.74) is -3.94. The Labute approximate surface area is 206 Å². The molecule has 0 spiro atoms. The molecule has 1 unspecified atom stereocenters. The summed E-state index contributed by atoms with van der Waals surface area (Å²) < 4.78 is 83.2. The lowest BCUT2D eigenvalue weighted by Gasteiger charge is -2.28. The summed E-state index contributed by atoms with van der Waals surface area (Å²) in [6, 6.07) is 7.78. The number of methoxy groups -OCH3 is 1. The average molecular weight is 531 g/mol. The van der Waals surface area contributed by atoms with Crippen molar-refractivity contribution in [3.63, 3.8) is 0 Å². The Morgan fingerprint density at radius 1 is 1.22 bits per heavy atom. The van der Waals surface area contributed by atoms with Crippen molar-refractivity contribution >= 4 is 10.0 Å². The van der Waals surface area contributed by atoms with Crippen molar-refractivity contribution in [2.45, 2.75) is 42.7 Å². The highest BCUT2D eigenvalue weighted by Crippen LogP contribution is 2.38. The van der Waals surface area contributed by atoms with E-state index in [-0.39, 0.29) is 17.6 Å². The molecule has 0 saturated carbocycles. The van der Waals surface area contributed by atoms with E-state index in [9.17, 15) is 37.1 Å². The minimum Gasteiger partial charge on any atom is -0.497 e. The molecule has 2 N–H and O–H groups in total. The van der Waals surface area contributed by atoms with Crippen LogP contribution >= 0.6 is 0 Å². The van der Waals surface area contributed by atoms with Gasteiger partial charge in [-0.05, 0) is 44.2 Å². The highest BCUT2D eigenvalue weighted by Gasteiger charge is 2.51. The van der Waals surface area contributed by atoms with E-state index >= 15 is 0 Å². The number of aliphatic hydroxyl groups excluding tert-OH is 1. The summed E-state index contributed by atoms with van der Waals surface area (Å²) in [4.78, 5) is -0.660. The number of aliphatic hydroxyl groups is 2. The number of β-amino-alcohol motifs (C(OH)–C–C–N with tert-alkyl or cyclic N) is 1. The second-order valence-corrected chi connectivity index (χ2v) is 10.4. The van der Waals surface area contributed by atoms with Crippen LogP contribution in [0.4, 0.5) is 13.2 Å². The fourth-order valence-electron chi connectivity index (χ4n) is 3.68. The summed E-state index contributed by atoms with van der Waals surface area (Å²) >= 11 is 0. The molecule has 3 rings (SSSR count). The van der Waals surface area contributed by atoms with Gasteiger partial charge < -0.3 is 24.4 Å². The maximum Gasteiger partial charge on any atom is 0.416 e. The Balaban J connectivity index is 1.95. The lowest BCUT2D eigenvalue weighted by molar-refractivity contribution is -0.137. The number of rotatable bonds is 8. The Morgan fingerprint density at radius 2 is 1.92 bits per heavy atom. The summed E-state index contributed by atoms with van der Waals surface area (Å²) in [6.07, 6.45) is -6.31. The monoisotopic (exact) mass is 530 g/mol. The molecule has 2 atom stereocenters. The topological polar surface area (TPSA) is 129 Å². The molecule has 36 heavy (non-hydrogen) atoms. The summed E-state index contributed by atoms with van der Waals surface area (Å²) in [5.74, 6) is 0.853. The number of nitrogens with zero attached hydrogens (tertiary/aromatic N) is 2. The summed E-state index contributed by atoms with van der Waals surface area (Å²) in [7, 11) is -3.09. The lowest BCUT2D eigenvalue weighted by Crippen LogP contribution is -2.48. The van der Waals surface area contributed by atoms with Crippen LogP contribution < -0.4 is 14.2 Å². The number of nitriles is 1. The van der Waals surface area contributed by atoms with Gasteiger partial charge in [-0.25, -0.2) is 8.42 Å². The lowest BCUT2D eigenvalue weighted by atomic mass is 10.0. The number of alkyl halides is 3. The first-order valence-corrected chi connectivity index (χ1v) is 12.1. The van der Waals surface area contributed by atoms with E-state index in [0.29, 0.717) is 23.9 Å². The third-order valence-corrected chi connectivity index (χ3v) is 7.39. The van der Waals surface area contributed by atoms with Crippen LogP contribution in [0.5, 0.6) is 17.2 Å². The van der Waals surface area contributed by atoms with E-state index in [1.807, 2.05) is 0 Å². The van der Waals surface area contributed by atoms with Gasteiger partial charge in [0.15, 0.2) is 11.5 Å². The fourth-order valence-corrected chi connectivity index (χ4v) is 5.30. The van der Waals surface area contributed by atoms with Gasteiger partial charge in [0.2, 0.25) is 10.0 Å². The van der Waals surface area contributed by atoms with Crippen molar-refractivity contribution in [3.8, 4) is 23.3 Å². The van der Waals surface area contributed by atoms with Crippen molar-refractivity contribution in [1.82, 2.24) is 4.31 Å². The van der Waals surface area contributed by atoms with Crippen LogP contribution in [0, 0.1) is 11.3 Å². The standard InChI is InChI=1S/C23H25F3N2O7S/c1-14(2)34-19-9-17(33-3)5-6-18(19)35-21-11-28(12-22(21,30)13-29)36(31,32)20-7-4-16(23(24,25)26)8-15(20)10-27/h4-9,14,21,29-30H,11-13H2,1-3H3/t21?,22-/m1/s1. The van der Waals surface area contributed by atoms with Crippen LogP contribution in [-0.2, 0) is 16.2 Å². The predicted molar refractivity (Wildman–Crippen MR) is 120 cm³/mol. The molecule has 1 fully saturated rings. The largest absolute Gasteiger partial charge is 0.497 e. The van der Waals surface area contributed by atoms with E-state index in [0.717, 1.165) is 4.31 Å². The van der Waals surface area contributed by atoms with Gasteiger partial charge in [0, 0.05) is 12.6 Å². The van der Waals surface area contributed by atoms with E-state index in [1.165, 1.54) is 25.3 Å². The third kappa shape index (κ3) is 5.52. The van der Waals surface area contributed by atoms with Crippen LogP contribution in [0.3, 0.4) is 0 Å². The SMILES string of the molecule is COc1ccc(OC2CN(S(=O)(=O)c3ccc(C(F)(F)F)cc3C#N)C[C@@]2(O)CO)c(OC(C)C)c1. The number of hydrogen-bond donors (Lipinski definition) is 2. The van der Waals surface area contributed by atoms with Gasteiger partial charge in [-0.2, -0.15) is 22.7 Å². The normalized spacial score (nSPS) is 20.8. The van der Waals surface area contributed by atoms with Gasteiger partial charge in [0.25, 0.3) is 0 Å². The van der Waals surface area contributed by atoms with Gasteiger partial charge in [-0.1, -0.05) is 0 Å². The fraction of sp³-hybridized carbons (Fsp3) is 0.435. The van der Waals surface area contributed by atoms with Gasteiger partial charge in [0.05, 0.1) is 42.4 Å². The van der Waals surface area contributed by atoms with Crippen molar-refractivity contribution in [3.05, 3.63) is 47.5 Å². The van der Waals surface area contributed by atoms with Crippen LogP contribution in [0.2, 0.25) is 0 Å². The molecule has 2 aromatic rings. The molecular weight excluding hydrogens is 505 g/mol. The van der Waals surface area contributed by atoms with Crippen LogP contribution in [0.25, 0.3) is 0 Å². The van der Waals surface area contributed by atoms with Gasteiger partial charge in [-0.3, -0.25) is 0 Å². The molecule has 2 aromatic carbocycles. The van der Waals surface area contributed by atoms with E-state index < -0.39 is 63.6 Å². The first-order chi connectivity index (χ1) is 16.7. The highest BCUT2D eigenvalue weighted by atomic mass is 32.2. The van der Waals surface area contributed by atoms with E-state index in [2.05, 4.69) is 0 Å². The molecule has 1 aliphatic rings. The summed E-state index contributed by atoms with van der Waals surface area (Å²) in [5, 5.41) is 30.2. The molecule has 0 aromatic heterocycles. The molecule has 0 radical (unpaired) electrons. The predicted octanol–water partition coefficient (Wildman–Crippen LogP) is 2.55. The van der Waals surface area contributed by atoms with Crippen molar-refractivity contribution in [2.24, 2.45) is 0 Å². The number of ether oxygens (including phenoxy) is 3. The molecule has 13 heteroatoms. The second-order valence-electron chi connectivity index (χ2n) is 8.47. The molecule has 0 aliphatic carbocycles. The molecular formula is C23H25F3N2O7S. The first kappa shape index (κ1) is 27.5. The maximum absolute atomic E-state index is 13.3. The van der Waals surface area contributed by atoms with Crippen molar-refractivity contribution < 1.29 is 46.0 Å².